The molecule has 0 spiro atoms. The number of hydrogen-bond donors (Lipinski definition) is 1. The van der Waals surface area contributed by atoms with Crippen molar-refractivity contribution in [3.63, 3.8) is 0 Å². The Morgan fingerprint density at radius 3 is 2.19 bits per heavy atom. The van der Waals surface area contributed by atoms with Gasteiger partial charge in [0.2, 0.25) is 0 Å². The lowest BCUT2D eigenvalue weighted by molar-refractivity contribution is -0.143. The number of amides is 1. The van der Waals surface area contributed by atoms with Crippen LogP contribution >= 0.6 is 0 Å². The van der Waals surface area contributed by atoms with E-state index < -0.39 is 18.1 Å². The van der Waals surface area contributed by atoms with Crippen LogP contribution < -0.4 is 0 Å². The predicted molar refractivity (Wildman–Crippen MR) is 99.4 cm³/mol. The first-order valence-electron chi connectivity index (χ1n) is 9.49. The van der Waals surface area contributed by atoms with E-state index in [1.807, 2.05) is 24.3 Å². The zero-order valence-electron chi connectivity index (χ0n) is 14.9. The molecule has 0 aromatic heterocycles. The number of aliphatic carboxylic acids is 1. The fraction of sp³-hybridized carbons (Fsp3) is 0.364. The Morgan fingerprint density at radius 1 is 1.00 bits per heavy atom. The number of carboxylic acid groups (broad SMARTS) is 1. The van der Waals surface area contributed by atoms with Gasteiger partial charge in [0.15, 0.2) is 0 Å². The van der Waals surface area contributed by atoms with Crippen molar-refractivity contribution in [3.05, 3.63) is 59.7 Å². The Kier molecular flexibility index (Phi) is 3.71. The van der Waals surface area contributed by atoms with Gasteiger partial charge < -0.3 is 9.84 Å². The lowest BCUT2D eigenvalue weighted by Crippen LogP contribution is -2.44. The molecular formula is C22H21NO4. The highest BCUT2D eigenvalue weighted by atomic mass is 16.6. The van der Waals surface area contributed by atoms with Crippen LogP contribution in [0.3, 0.4) is 0 Å². The fourth-order valence-corrected chi connectivity index (χ4v) is 5.02. The van der Waals surface area contributed by atoms with Crippen molar-refractivity contribution in [2.24, 2.45) is 11.8 Å². The summed E-state index contributed by atoms with van der Waals surface area (Å²) in [6.45, 7) is 0.726. The molecule has 5 heteroatoms. The largest absolute Gasteiger partial charge is 0.480 e. The molecule has 1 amide bonds. The lowest BCUT2D eigenvalue weighted by Gasteiger charge is -2.31. The Labute approximate surface area is 157 Å². The zero-order chi connectivity index (χ0) is 18.5. The molecule has 3 atom stereocenters. The zero-order valence-corrected chi connectivity index (χ0v) is 14.9. The Balaban J connectivity index is 1.36. The van der Waals surface area contributed by atoms with Gasteiger partial charge >= 0.3 is 12.1 Å². The highest BCUT2D eigenvalue weighted by Gasteiger charge is 2.52. The fourth-order valence-electron chi connectivity index (χ4n) is 5.02. The first-order valence-corrected chi connectivity index (χ1v) is 9.49. The standard InChI is InChI=1S/C22H21NO4/c24-21(25)20-14-10-9-13(14)11-23(20)22(26)27-12-19-17-7-3-1-5-15(17)16-6-2-4-8-18(16)19/h1-8,13-14,19-20H,9-12H2,(H,24,25). The SMILES string of the molecule is O=C(O)C1C2CCC2CN1C(=O)OCC1c2ccccc2-c2ccccc21. The van der Waals surface area contributed by atoms with Gasteiger partial charge in [-0.15, -0.1) is 0 Å². The van der Waals surface area contributed by atoms with Crippen LogP contribution in [0, 0.1) is 11.8 Å². The third kappa shape index (κ3) is 2.45. The van der Waals surface area contributed by atoms with E-state index in [0.717, 1.165) is 24.0 Å². The van der Waals surface area contributed by atoms with Crippen LogP contribution in [-0.4, -0.2) is 41.3 Å². The van der Waals surface area contributed by atoms with Crippen molar-refractivity contribution >= 4 is 12.1 Å². The predicted octanol–water partition coefficient (Wildman–Crippen LogP) is 3.73. The maximum Gasteiger partial charge on any atom is 0.410 e. The van der Waals surface area contributed by atoms with E-state index in [4.69, 9.17) is 4.74 Å². The number of hydrogen-bond acceptors (Lipinski definition) is 3. The van der Waals surface area contributed by atoms with Crippen molar-refractivity contribution in [3.8, 4) is 11.1 Å². The van der Waals surface area contributed by atoms with Crippen LogP contribution in [0.4, 0.5) is 4.79 Å². The molecular weight excluding hydrogens is 342 g/mol. The number of carbonyl (C=O) groups is 2. The van der Waals surface area contributed by atoms with Crippen LogP contribution in [0.1, 0.15) is 29.9 Å². The highest BCUT2D eigenvalue weighted by molar-refractivity contribution is 5.82. The van der Waals surface area contributed by atoms with Crippen molar-refractivity contribution in [2.75, 3.05) is 13.2 Å². The molecule has 0 radical (unpaired) electrons. The lowest BCUT2D eigenvalue weighted by atomic mass is 9.73. The van der Waals surface area contributed by atoms with Crippen molar-refractivity contribution in [1.82, 2.24) is 4.90 Å². The van der Waals surface area contributed by atoms with E-state index in [1.165, 1.54) is 16.0 Å². The number of nitrogens with zero attached hydrogens (tertiary/aromatic N) is 1. The molecule has 3 aliphatic rings. The molecule has 2 fully saturated rings. The second-order valence-electron chi connectivity index (χ2n) is 7.74. The summed E-state index contributed by atoms with van der Waals surface area (Å²) in [5, 5.41) is 9.55. The van der Waals surface area contributed by atoms with Crippen LogP contribution in [-0.2, 0) is 9.53 Å². The van der Waals surface area contributed by atoms with Crippen LogP contribution in [0.2, 0.25) is 0 Å². The van der Waals surface area contributed by atoms with E-state index in [-0.39, 0.29) is 18.4 Å². The maximum atomic E-state index is 12.7. The van der Waals surface area contributed by atoms with Gasteiger partial charge in [-0.3, -0.25) is 4.90 Å². The molecule has 1 aliphatic heterocycles. The van der Waals surface area contributed by atoms with Gasteiger partial charge in [0.1, 0.15) is 12.6 Å². The molecule has 1 saturated heterocycles. The third-order valence-corrected chi connectivity index (χ3v) is 6.47. The number of rotatable bonds is 3. The second-order valence-corrected chi connectivity index (χ2v) is 7.74. The monoisotopic (exact) mass is 363 g/mol. The molecule has 3 unspecified atom stereocenters. The smallest absolute Gasteiger partial charge is 0.410 e. The Bertz CT molecular complexity index is 879. The maximum absolute atomic E-state index is 12.7. The molecule has 2 aliphatic carbocycles. The summed E-state index contributed by atoms with van der Waals surface area (Å²) in [5.41, 5.74) is 4.67. The Morgan fingerprint density at radius 2 is 1.63 bits per heavy atom. The molecule has 1 heterocycles. The molecule has 5 rings (SSSR count). The Hall–Kier alpha value is -2.82. The quantitative estimate of drug-likeness (QED) is 0.902. The molecule has 5 nitrogen and oxygen atoms in total. The molecule has 27 heavy (non-hydrogen) atoms. The van der Waals surface area contributed by atoms with E-state index in [1.54, 1.807) is 0 Å². The summed E-state index contributed by atoms with van der Waals surface area (Å²) in [7, 11) is 0. The topological polar surface area (TPSA) is 66.8 Å². The van der Waals surface area contributed by atoms with E-state index in [2.05, 4.69) is 24.3 Å². The summed E-state index contributed by atoms with van der Waals surface area (Å²) in [4.78, 5) is 25.8. The minimum atomic E-state index is -0.921. The van der Waals surface area contributed by atoms with Gasteiger partial charge in [-0.25, -0.2) is 9.59 Å². The van der Waals surface area contributed by atoms with Crippen molar-refractivity contribution < 1.29 is 19.4 Å². The van der Waals surface area contributed by atoms with Crippen molar-refractivity contribution in [2.45, 2.75) is 24.8 Å². The number of benzene rings is 2. The summed E-state index contributed by atoms with van der Waals surface area (Å²) in [6.07, 6.45) is 1.38. The normalized spacial score (nSPS) is 25.3. The summed E-state index contributed by atoms with van der Waals surface area (Å²) in [6, 6.07) is 15.6. The molecule has 1 saturated carbocycles. The molecule has 0 bridgehead atoms. The van der Waals surface area contributed by atoms with Crippen LogP contribution in [0.15, 0.2) is 48.5 Å². The van der Waals surface area contributed by atoms with Gasteiger partial charge in [0.25, 0.3) is 0 Å². The molecule has 138 valence electrons. The van der Waals surface area contributed by atoms with Crippen LogP contribution in [0.5, 0.6) is 0 Å². The second kappa shape index (κ2) is 6.12. The van der Waals surface area contributed by atoms with E-state index in [9.17, 15) is 14.7 Å². The average molecular weight is 363 g/mol. The van der Waals surface area contributed by atoms with Crippen LogP contribution in [0.25, 0.3) is 11.1 Å². The van der Waals surface area contributed by atoms with Gasteiger partial charge in [-0.1, -0.05) is 48.5 Å². The minimum Gasteiger partial charge on any atom is -0.480 e. The van der Waals surface area contributed by atoms with Crippen molar-refractivity contribution in [1.29, 1.82) is 0 Å². The van der Waals surface area contributed by atoms with Gasteiger partial charge in [0.05, 0.1) is 0 Å². The number of carbonyl (C=O) groups excluding carboxylic acids is 1. The van der Waals surface area contributed by atoms with E-state index in [0.29, 0.717) is 12.5 Å². The minimum absolute atomic E-state index is 0.0102. The number of carboxylic acids is 1. The van der Waals surface area contributed by atoms with Gasteiger partial charge in [-0.2, -0.15) is 0 Å². The summed E-state index contributed by atoms with van der Waals surface area (Å²) in [5.74, 6) is -0.533. The first kappa shape index (κ1) is 16.4. The third-order valence-electron chi connectivity index (χ3n) is 6.47. The molecule has 1 N–H and O–H groups in total. The molecule has 2 aromatic rings. The van der Waals surface area contributed by atoms with Gasteiger partial charge in [0, 0.05) is 12.5 Å². The van der Waals surface area contributed by atoms with E-state index >= 15 is 0 Å². The summed E-state index contributed by atoms with van der Waals surface area (Å²) < 4.78 is 5.65. The highest BCUT2D eigenvalue weighted by Crippen LogP contribution is 2.46. The summed E-state index contributed by atoms with van der Waals surface area (Å²) >= 11 is 0. The first-order chi connectivity index (χ1) is 13.1. The number of ether oxygens (including phenoxy) is 1. The molecule has 2 aromatic carbocycles. The average Bonchev–Trinajstić information content (AvgIpc) is 3.12. The number of likely N-dealkylation sites (tertiary alicyclic amines) is 1. The van der Waals surface area contributed by atoms with Gasteiger partial charge in [-0.05, 0) is 46.9 Å². The number of fused-ring (bicyclic) bond motifs is 4.